The third-order valence-corrected chi connectivity index (χ3v) is 2.56. The average molecular weight is 264 g/mol. The highest BCUT2D eigenvalue weighted by Gasteiger charge is 2.15. The lowest BCUT2D eigenvalue weighted by molar-refractivity contribution is -0.870. The Morgan fingerprint density at radius 3 is 2.42 bits per heavy atom. The molecule has 1 aromatic carbocycles. The predicted molar refractivity (Wildman–Crippen MR) is 70.4 cm³/mol. The highest BCUT2D eigenvalue weighted by molar-refractivity contribution is 5.99. The van der Waals surface area contributed by atoms with Gasteiger partial charge >= 0.3 is 5.97 Å². The molecule has 0 aliphatic heterocycles. The van der Waals surface area contributed by atoms with Gasteiger partial charge in [0.25, 0.3) is 0 Å². The van der Waals surface area contributed by atoms with E-state index >= 15 is 0 Å². The van der Waals surface area contributed by atoms with Gasteiger partial charge in [-0.15, -0.1) is 0 Å². The van der Waals surface area contributed by atoms with Crippen LogP contribution in [0.15, 0.2) is 18.2 Å². The van der Waals surface area contributed by atoms with E-state index in [0.717, 1.165) is 0 Å². The first-order valence-electron chi connectivity index (χ1n) is 5.89. The van der Waals surface area contributed by atoms with Gasteiger partial charge in [0.2, 0.25) is 0 Å². The van der Waals surface area contributed by atoms with E-state index in [1.165, 1.54) is 18.2 Å². The van der Waals surface area contributed by atoms with Gasteiger partial charge in [0.15, 0.2) is 6.29 Å². The number of carbonyl (C=O) groups is 3. The van der Waals surface area contributed by atoms with Gasteiger partial charge in [0.1, 0.15) is 19.4 Å². The monoisotopic (exact) mass is 264 g/mol. The molecule has 1 aromatic rings. The van der Waals surface area contributed by atoms with Crippen LogP contribution in [0, 0.1) is 0 Å². The van der Waals surface area contributed by atoms with Crippen LogP contribution in [0.4, 0.5) is 0 Å². The van der Waals surface area contributed by atoms with E-state index in [1.54, 1.807) is 0 Å². The summed E-state index contributed by atoms with van der Waals surface area (Å²) < 4.78 is 5.79. The zero-order valence-corrected chi connectivity index (χ0v) is 11.4. The third-order valence-electron chi connectivity index (χ3n) is 2.56. The van der Waals surface area contributed by atoms with Crippen molar-refractivity contribution in [1.29, 1.82) is 0 Å². The summed E-state index contributed by atoms with van der Waals surface area (Å²) in [6, 6.07) is 4.29. The van der Waals surface area contributed by atoms with Crippen LogP contribution in [0.25, 0.3) is 0 Å². The number of hydrogen-bond acceptors (Lipinski definition) is 4. The number of carbonyl (C=O) groups excluding carboxylic acids is 3. The van der Waals surface area contributed by atoms with E-state index in [0.29, 0.717) is 29.2 Å². The molecule has 5 nitrogen and oxygen atoms in total. The van der Waals surface area contributed by atoms with Crippen LogP contribution in [-0.4, -0.2) is 57.3 Å². The van der Waals surface area contributed by atoms with Crippen molar-refractivity contribution < 1.29 is 23.6 Å². The summed E-state index contributed by atoms with van der Waals surface area (Å²) in [4.78, 5) is 33.4. The SMILES string of the molecule is C[N+](C)(C)CCOC(=O)c1cc(C=O)ccc1C=O. The van der Waals surface area contributed by atoms with Crippen LogP contribution in [0.1, 0.15) is 31.1 Å². The zero-order chi connectivity index (χ0) is 14.5. The van der Waals surface area contributed by atoms with Gasteiger partial charge < -0.3 is 9.22 Å². The van der Waals surface area contributed by atoms with Gasteiger partial charge in [0.05, 0.1) is 26.7 Å². The lowest BCUT2D eigenvalue weighted by Gasteiger charge is -2.23. The maximum Gasteiger partial charge on any atom is 0.339 e. The Morgan fingerprint density at radius 2 is 1.89 bits per heavy atom. The lowest BCUT2D eigenvalue weighted by Crippen LogP contribution is -2.38. The molecular formula is C14H18NO4+. The van der Waals surface area contributed by atoms with Crippen LogP contribution in [0.5, 0.6) is 0 Å². The molecule has 0 spiro atoms. The summed E-state index contributed by atoms with van der Waals surface area (Å²) in [7, 11) is 5.95. The predicted octanol–water partition coefficient (Wildman–Crippen LogP) is 1.17. The molecule has 0 saturated heterocycles. The Balaban J connectivity index is 2.80. The molecule has 0 heterocycles. The molecule has 0 atom stereocenters. The van der Waals surface area contributed by atoms with Crippen molar-refractivity contribution in [3.8, 4) is 0 Å². The van der Waals surface area contributed by atoms with Crippen LogP contribution in [0.3, 0.4) is 0 Å². The van der Waals surface area contributed by atoms with Crippen molar-refractivity contribution in [3.63, 3.8) is 0 Å². The number of quaternary nitrogens is 1. The fourth-order valence-corrected chi connectivity index (χ4v) is 1.42. The molecule has 0 bridgehead atoms. The molecule has 0 aromatic heterocycles. The van der Waals surface area contributed by atoms with E-state index in [2.05, 4.69) is 0 Å². The first-order chi connectivity index (χ1) is 8.87. The first kappa shape index (κ1) is 15.0. The molecule has 1 rings (SSSR count). The lowest BCUT2D eigenvalue weighted by atomic mass is 10.1. The number of hydrogen-bond donors (Lipinski definition) is 0. The van der Waals surface area contributed by atoms with Crippen molar-refractivity contribution in [2.45, 2.75) is 0 Å². The van der Waals surface area contributed by atoms with E-state index in [9.17, 15) is 14.4 Å². The van der Waals surface area contributed by atoms with Gasteiger partial charge in [-0.3, -0.25) is 9.59 Å². The molecule has 0 aliphatic rings. The number of nitrogens with zero attached hydrogens (tertiary/aromatic N) is 1. The summed E-state index contributed by atoms with van der Waals surface area (Å²) in [5.41, 5.74) is 0.686. The van der Waals surface area contributed by atoms with E-state index in [-0.39, 0.29) is 17.7 Å². The Labute approximate surface area is 112 Å². The quantitative estimate of drug-likeness (QED) is 0.440. The van der Waals surface area contributed by atoms with Gasteiger partial charge in [-0.2, -0.15) is 0 Å². The van der Waals surface area contributed by atoms with E-state index < -0.39 is 5.97 Å². The maximum absolute atomic E-state index is 11.9. The minimum atomic E-state index is -0.584. The third kappa shape index (κ3) is 4.63. The van der Waals surface area contributed by atoms with Gasteiger partial charge in [-0.05, 0) is 6.07 Å². The first-order valence-corrected chi connectivity index (χ1v) is 5.89. The molecule has 5 heteroatoms. The van der Waals surface area contributed by atoms with Crippen LogP contribution in [0.2, 0.25) is 0 Å². The smallest absolute Gasteiger partial charge is 0.339 e. The summed E-state index contributed by atoms with van der Waals surface area (Å²) in [6.45, 7) is 0.918. The molecule has 0 aliphatic carbocycles. The number of aldehydes is 2. The minimum absolute atomic E-state index is 0.126. The molecule has 0 unspecified atom stereocenters. The van der Waals surface area contributed by atoms with Crippen molar-refractivity contribution in [2.24, 2.45) is 0 Å². The molecule has 0 saturated carbocycles. The Kier molecular flexibility index (Phi) is 4.94. The summed E-state index contributed by atoms with van der Waals surface area (Å²) in [6.07, 6.45) is 1.20. The summed E-state index contributed by atoms with van der Waals surface area (Å²) in [5.74, 6) is -0.584. The Bertz CT molecular complexity index is 489. The van der Waals surface area contributed by atoms with Crippen molar-refractivity contribution >= 4 is 18.5 Å². The number of rotatable bonds is 6. The molecule has 102 valence electrons. The van der Waals surface area contributed by atoms with Gasteiger partial charge in [-0.25, -0.2) is 4.79 Å². The second-order valence-electron chi connectivity index (χ2n) is 5.23. The Morgan fingerprint density at radius 1 is 1.21 bits per heavy atom. The second-order valence-corrected chi connectivity index (χ2v) is 5.23. The topological polar surface area (TPSA) is 60.4 Å². The van der Waals surface area contributed by atoms with Crippen molar-refractivity contribution in [2.75, 3.05) is 34.3 Å². The molecule has 0 fully saturated rings. The highest BCUT2D eigenvalue weighted by Crippen LogP contribution is 2.11. The van der Waals surface area contributed by atoms with Crippen molar-refractivity contribution in [1.82, 2.24) is 0 Å². The van der Waals surface area contributed by atoms with E-state index in [4.69, 9.17) is 4.74 Å². The fourth-order valence-electron chi connectivity index (χ4n) is 1.42. The number of esters is 1. The van der Waals surface area contributed by atoms with Crippen LogP contribution >= 0.6 is 0 Å². The average Bonchev–Trinajstić information content (AvgIpc) is 2.36. The number of ether oxygens (including phenoxy) is 1. The van der Waals surface area contributed by atoms with Crippen molar-refractivity contribution in [3.05, 3.63) is 34.9 Å². The largest absolute Gasteiger partial charge is 0.456 e. The van der Waals surface area contributed by atoms with Gasteiger partial charge in [-0.1, -0.05) is 12.1 Å². The van der Waals surface area contributed by atoms with Crippen LogP contribution in [-0.2, 0) is 4.74 Å². The normalized spacial score (nSPS) is 10.9. The molecule has 0 amide bonds. The number of likely N-dealkylation sites (N-methyl/N-ethyl adjacent to an activating group) is 1. The van der Waals surface area contributed by atoms with E-state index in [1.807, 2.05) is 21.1 Å². The zero-order valence-electron chi connectivity index (χ0n) is 11.4. The Hall–Kier alpha value is -2.01. The molecular weight excluding hydrogens is 246 g/mol. The maximum atomic E-state index is 11.9. The number of benzene rings is 1. The standard InChI is InChI=1S/C14H18NO4/c1-15(2,3)6-7-19-14(18)13-8-11(9-16)4-5-12(13)10-17/h4-5,8-10H,6-7H2,1-3H3/q+1. The second kappa shape index (κ2) is 6.24. The molecule has 0 N–H and O–H groups in total. The molecule has 19 heavy (non-hydrogen) atoms. The highest BCUT2D eigenvalue weighted by atomic mass is 16.5. The van der Waals surface area contributed by atoms with Gasteiger partial charge in [0, 0.05) is 11.1 Å². The molecule has 0 radical (unpaired) electrons. The minimum Gasteiger partial charge on any atom is -0.456 e. The summed E-state index contributed by atoms with van der Waals surface area (Å²) in [5, 5.41) is 0. The summed E-state index contributed by atoms with van der Waals surface area (Å²) >= 11 is 0. The fraction of sp³-hybridized carbons (Fsp3) is 0.357. The van der Waals surface area contributed by atoms with Crippen LogP contribution < -0.4 is 0 Å².